The van der Waals surface area contributed by atoms with Crippen molar-refractivity contribution in [1.29, 1.82) is 0 Å². The number of para-hydroxylation sites is 2. The molecule has 2 aromatic carbocycles. The molecular weight excluding hydrogens is 280 g/mol. The minimum atomic E-state index is -0.474. The van der Waals surface area contributed by atoms with Crippen LogP contribution in [0.15, 0.2) is 42.5 Å². The molecule has 1 amide bonds. The quantitative estimate of drug-likeness (QED) is 0.629. The van der Waals surface area contributed by atoms with Gasteiger partial charge < -0.3 is 4.90 Å². The van der Waals surface area contributed by atoms with Crippen LogP contribution in [0.1, 0.15) is 27.9 Å². The average Bonchev–Trinajstić information content (AvgIpc) is 2.53. The summed E-state index contributed by atoms with van der Waals surface area (Å²) in [4.78, 5) is 25.4. The van der Waals surface area contributed by atoms with Crippen LogP contribution in [0.25, 0.3) is 0 Å². The first-order valence-electron chi connectivity index (χ1n) is 7.23. The number of benzene rings is 2. The van der Waals surface area contributed by atoms with Gasteiger partial charge in [-0.05, 0) is 37.5 Å². The number of nitrogens with zero attached hydrogens (tertiary/aromatic N) is 2. The van der Waals surface area contributed by atoms with Gasteiger partial charge in [-0.15, -0.1) is 0 Å². The maximum absolute atomic E-state index is 12.9. The zero-order chi connectivity index (χ0) is 15.7. The number of nitro groups is 1. The summed E-state index contributed by atoms with van der Waals surface area (Å²) in [5.74, 6) is -0.303. The molecule has 0 aliphatic carbocycles. The molecule has 0 unspecified atom stereocenters. The fourth-order valence-corrected chi connectivity index (χ4v) is 2.96. The molecule has 1 aliphatic rings. The lowest BCUT2D eigenvalue weighted by atomic mass is 10.00. The van der Waals surface area contributed by atoms with Crippen molar-refractivity contribution < 1.29 is 9.72 Å². The number of fused-ring (bicyclic) bond motifs is 1. The number of anilines is 1. The van der Waals surface area contributed by atoms with E-state index in [-0.39, 0.29) is 17.2 Å². The SMILES string of the molecule is Cc1cccc(C(=O)N2CCCc3ccccc32)c1[N+](=O)[O-]. The molecule has 5 nitrogen and oxygen atoms in total. The van der Waals surface area contributed by atoms with Crippen LogP contribution in [0.2, 0.25) is 0 Å². The Bertz CT molecular complexity index is 755. The highest BCUT2D eigenvalue weighted by atomic mass is 16.6. The van der Waals surface area contributed by atoms with Crippen molar-refractivity contribution in [2.24, 2.45) is 0 Å². The van der Waals surface area contributed by atoms with E-state index in [1.165, 1.54) is 6.07 Å². The summed E-state index contributed by atoms with van der Waals surface area (Å²) in [7, 11) is 0. The summed E-state index contributed by atoms with van der Waals surface area (Å²) < 4.78 is 0. The Morgan fingerprint density at radius 1 is 1.18 bits per heavy atom. The number of nitro benzene ring substituents is 1. The molecule has 0 radical (unpaired) electrons. The molecule has 0 aromatic heterocycles. The Morgan fingerprint density at radius 2 is 1.95 bits per heavy atom. The number of hydrogen-bond acceptors (Lipinski definition) is 3. The predicted molar refractivity (Wildman–Crippen MR) is 84.3 cm³/mol. The first-order chi connectivity index (χ1) is 10.6. The minimum Gasteiger partial charge on any atom is -0.308 e. The van der Waals surface area contributed by atoms with E-state index in [1.54, 1.807) is 24.0 Å². The molecule has 112 valence electrons. The molecule has 0 saturated carbocycles. The summed E-state index contributed by atoms with van der Waals surface area (Å²) in [6.45, 7) is 2.24. The Morgan fingerprint density at radius 3 is 2.73 bits per heavy atom. The summed E-state index contributed by atoms with van der Waals surface area (Å²) in [6.07, 6.45) is 1.79. The molecular formula is C17H16N2O3. The van der Waals surface area contributed by atoms with Gasteiger partial charge in [-0.3, -0.25) is 14.9 Å². The number of rotatable bonds is 2. The molecule has 0 spiro atoms. The summed E-state index contributed by atoms with van der Waals surface area (Å²) >= 11 is 0. The molecule has 3 rings (SSSR count). The maximum atomic E-state index is 12.9. The highest BCUT2D eigenvalue weighted by Gasteiger charge is 2.29. The van der Waals surface area contributed by atoms with E-state index < -0.39 is 4.92 Å². The molecule has 0 N–H and O–H groups in total. The molecule has 2 aromatic rings. The molecule has 22 heavy (non-hydrogen) atoms. The molecule has 0 saturated heterocycles. The average molecular weight is 296 g/mol. The Labute approximate surface area is 128 Å². The predicted octanol–water partition coefficient (Wildman–Crippen LogP) is 3.50. The zero-order valence-electron chi connectivity index (χ0n) is 12.3. The summed E-state index contributed by atoms with van der Waals surface area (Å²) in [6, 6.07) is 12.6. The first-order valence-corrected chi connectivity index (χ1v) is 7.23. The lowest BCUT2D eigenvalue weighted by Gasteiger charge is -2.29. The fourth-order valence-electron chi connectivity index (χ4n) is 2.96. The smallest absolute Gasteiger partial charge is 0.285 e. The maximum Gasteiger partial charge on any atom is 0.285 e. The van der Waals surface area contributed by atoms with Gasteiger partial charge in [0.05, 0.1) is 4.92 Å². The summed E-state index contributed by atoms with van der Waals surface area (Å²) in [5.41, 5.74) is 2.52. The third-order valence-corrected chi connectivity index (χ3v) is 4.01. The van der Waals surface area contributed by atoms with Crippen molar-refractivity contribution in [1.82, 2.24) is 0 Å². The van der Waals surface area contributed by atoms with Crippen molar-refractivity contribution in [3.8, 4) is 0 Å². The number of hydrogen-bond donors (Lipinski definition) is 0. The zero-order valence-corrected chi connectivity index (χ0v) is 12.3. The first kappa shape index (κ1) is 14.3. The van der Waals surface area contributed by atoms with Crippen LogP contribution in [0.5, 0.6) is 0 Å². The lowest BCUT2D eigenvalue weighted by molar-refractivity contribution is -0.385. The van der Waals surface area contributed by atoms with E-state index in [9.17, 15) is 14.9 Å². The molecule has 1 aliphatic heterocycles. The van der Waals surface area contributed by atoms with Gasteiger partial charge >= 0.3 is 0 Å². The standard InChI is InChI=1S/C17H16N2O3/c1-12-6-4-9-14(16(12)19(21)22)17(20)18-11-5-8-13-7-2-3-10-15(13)18/h2-4,6-7,9-10H,5,8,11H2,1H3. The topological polar surface area (TPSA) is 63.5 Å². The molecule has 5 heteroatoms. The van der Waals surface area contributed by atoms with Gasteiger partial charge in [-0.1, -0.05) is 30.3 Å². The third kappa shape index (κ3) is 2.35. The highest BCUT2D eigenvalue weighted by molar-refractivity contribution is 6.09. The van der Waals surface area contributed by atoms with Gasteiger partial charge in [-0.2, -0.15) is 0 Å². The third-order valence-electron chi connectivity index (χ3n) is 4.01. The van der Waals surface area contributed by atoms with E-state index in [0.717, 1.165) is 24.1 Å². The van der Waals surface area contributed by atoms with E-state index in [2.05, 4.69) is 0 Å². The van der Waals surface area contributed by atoms with E-state index in [4.69, 9.17) is 0 Å². The number of carbonyl (C=O) groups is 1. The van der Waals surface area contributed by atoms with Crippen molar-refractivity contribution in [3.05, 3.63) is 69.3 Å². The van der Waals surface area contributed by atoms with Gasteiger partial charge in [0.2, 0.25) is 0 Å². The van der Waals surface area contributed by atoms with Gasteiger partial charge in [0.15, 0.2) is 0 Å². The second-order valence-corrected chi connectivity index (χ2v) is 5.42. The van der Waals surface area contributed by atoms with Crippen molar-refractivity contribution >= 4 is 17.3 Å². The van der Waals surface area contributed by atoms with Gasteiger partial charge in [0.25, 0.3) is 11.6 Å². The number of aryl methyl sites for hydroxylation is 2. The second kappa shape index (κ2) is 5.60. The Kier molecular flexibility index (Phi) is 3.63. The van der Waals surface area contributed by atoms with Crippen LogP contribution in [0, 0.1) is 17.0 Å². The van der Waals surface area contributed by atoms with Crippen LogP contribution >= 0.6 is 0 Å². The summed E-state index contributed by atoms with van der Waals surface area (Å²) in [5, 5.41) is 11.3. The van der Waals surface area contributed by atoms with Crippen LogP contribution in [-0.2, 0) is 6.42 Å². The molecule has 0 fully saturated rings. The van der Waals surface area contributed by atoms with Crippen molar-refractivity contribution in [2.75, 3.05) is 11.4 Å². The lowest BCUT2D eigenvalue weighted by Crippen LogP contribution is -2.35. The Hall–Kier alpha value is -2.69. The fraction of sp³-hybridized carbons (Fsp3) is 0.235. The van der Waals surface area contributed by atoms with Crippen LogP contribution in [0.4, 0.5) is 11.4 Å². The van der Waals surface area contributed by atoms with E-state index in [0.29, 0.717) is 12.1 Å². The van der Waals surface area contributed by atoms with Crippen molar-refractivity contribution in [2.45, 2.75) is 19.8 Å². The monoisotopic (exact) mass is 296 g/mol. The highest BCUT2D eigenvalue weighted by Crippen LogP contribution is 2.31. The normalized spacial score (nSPS) is 13.6. The number of carbonyl (C=O) groups excluding carboxylic acids is 1. The number of amides is 1. The van der Waals surface area contributed by atoms with Gasteiger partial charge in [0.1, 0.15) is 5.56 Å². The molecule has 0 bridgehead atoms. The second-order valence-electron chi connectivity index (χ2n) is 5.42. The molecule has 0 atom stereocenters. The largest absolute Gasteiger partial charge is 0.308 e. The Balaban J connectivity index is 2.07. The van der Waals surface area contributed by atoms with E-state index in [1.807, 2.05) is 24.3 Å². The molecule has 1 heterocycles. The van der Waals surface area contributed by atoms with Gasteiger partial charge in [0, 0.05) is 17.8 Å². The van der Waals surface area contributed by atoms with Crippen LogP contribution < -0.4 is 4.90 Å². The van der Waals surface area contributed by atoms with Crippen molar-refractivity contribution in [3.63, 3.8) is 0 Å². The van der Waals surface area contributed by atoms with Gasteiger partial charge in [-0.25, -0.2) is 0 Å². The van der Waals surface area contributed by atoms with Crippen LogP contribution in [0.3, 0.4) is 0 Å². The van der Waals surface area contributed by atoms with E-state index >= 15 is 0 Å². The van der Waals surface area contributed by atoms with Crippen LogP contribution in [-0.4, -0.2) is 17.4 Å². The minimum absolute atomic E-state index is 0.101.